The normalized spacial score (nSPS) is 15.2. The molecule has 0 saturated carbocycles. The van der Waals surface area contributed by atoms with Crippen LogP contribution in [0.5, 0.6) is 17.2 Å². The van der Waals surface area contributed by atoms with Crippen LogP contribution in [0.15, 0.2) is 47.3 Å². The monoisotopic (exact) mass is 494 g/mol. The number of methoxy groups -OCH3 is 2. The van der Waals surface area contributed by atoms with Gasteiger partial charge in [0.15, 0.2) is 0 Å². The molecule has 36 heavy (non-hydrogen) atoms. The van der Waals surface area contributed by atoms with E-state index in [0.717, 1.165) is 18.4 Å². The van der Waals surface area contributed by atoms with Gasteiger partial charge in [0, 0.05) is 24.7 Å². The van der Waals surface area contributed by atoms with Crippen LogP contribution >= 0.6 is 0 Å². The number of ether oxygens (including phenoxy) is 2. The van der Waals surface area contributed by atoms with Gasteiger partial charge in [-0.1, -0.05) is 31.5 Å². The maximum Gasteiger partial charge on any atom is 0.264 e. The second kappa shape index (κ2) is 10.8. The standard InChI is InChI=1S/C28H31FN2O5/c1-4-5-10-20-23(24-21(35-2)11-7-12-22(24)36-3)26(32)25(27(33)30-20)28(34)31-14-13-18(16-31)17-8-6-9-19(29)15-17/h6-9,11-12,15,18H,4-5,10,13-14,16H2,1-3H3,(H2,30,32,33). The number of H-pyrrole nitrogens is 1. The molecule has 8 heteroatoms. The van der Waals surface area contributed by atoms with Gasteiger partial charge in [-0.05, 0) is 49.1 Å². The summed E-state index contributed by atoms with van der Waals surface area (Å²) in [6, 6.07) is 11.6. The third-order valence-electron chi connectivity index (χ3n) is 6.73. The first-order valence-corrected chi connectivity index (χ1v) is 12.1. The van der Waals surface area contributed by atoms with Gasteiger partial charge in [-0.3, -0.25) is 9.59 Å². The molecule has 0 spiro atoms. The number of aromatic hydroxyl groups is 1. The fraction of sp³-hybridized carbons (Fsp3) is 0.357. The van der Waals surface area contributed by atoms with Crippen molar-refractivity contribution in [2.75, 3.05) is 27.3 Å². The first kappa shape index (κ1) is 25.3. The van der Waals surface area contributed by atoms with Gasteiger partial charge in [0.1, 0.15) is 28.6 Å². The van der Waals surface area contributed by atoms with Crippen molar-refractivity contribution in [3.05, 3.63) is 75.5 Å². The highest BCUT2D eigenvalue weighted by Gasteiger charge is 2.33. The lowest BCUT2D eigenvalue weighted by Crippen LogP contribution is -2.33. The molecule has 1 aliphatic rings. The Bertz CT molecular complexity index is 1300. The number of rotatable bonds is 8. The van der Waals surface area contributed by atoms with Gasteiger partial charge in [-0.25, -0.2) is 4.39 Å². The van der Waals surface area contributed by atoms with Gasteiger partial charge < -0.3 is 24.5 Å². The maximum atomic E-state index is 13.7. The SMILES string of the molecule is CCCCc1[nH]c(=O)c(C(=O)N2CCC(c3cccc(F)c3)C2)c(O)c1-c1c(OC)cccc1OC. The van der Waals surface area contributed by atoms with E-state index in [9.17, 15) is 19.1 Å². The molecule has 3 aromatic rings. The molecule has 1 atom stereocenters. The number of likely N-dealkylation sites (tertiary alicyclic amines) is 1. The van der Waals surface area contributed by atoms with E-state index in [1.165, 1.54) is 31.3 Å². The smallest absolute Gasteiger partial charge is 0.264 e. The Morgan fingerprint density at radius 2 is 1.83 bits per heavy atom. The molecule has 1 aliphatic heterocycles. The number of hydrogen-bond donors (Lipinski definition) is 2. The van der Waals surface area contributed by atoms with E-state index < -0.39 is 17.2 Å². The minimum absolute atomic E-state index is 0.0523. The number of nitrogens with one attached hydrogen (secondary N) is 1. The summed E-state index contributed by atoms with van der Waals surface area (Å²) in [4.78, 5) is 31.1. The van der Waals surface area contributed by atoms with Crippen molar-refractivity contribution in [3.63, 3.8) is 0 Å². The predicted molar refractivity (Wildman–Crippen MR) is 136 cm³/mol. The second-order valence-corrected chi connectivity index (χ2v) is 8.96. The topological polar surface area (TPSA) is 91.9 Å². The van der Waals surface area contributed by atoms with Crippen molar-refractivity contribution >= 4 is 5.91 Å². The number of benzene rings is 2. The number of carbonyl (C=O) groups excluding carboxylic acids is 1. The number of hydrogen-bond acceptors (Lipinski definition) is 5. The zero-order chi connectivity index (χ0) is 25.8. The van der Waals surface area contributed by atoms with Crippen molar-refractivity contribution in [2.24, 2.45) is 0 Å². The number of pyridine rings is 1. The van der Waals surface area contributed by atoms with Crippen LogP contribution < -0.4 is 15.0 Å². The number of carbonyl (C=O) groups is 1. The third kappa shape index (κ3) is 4.80. The molecular weight excluding hydrogens is 463 g/mol. The molecular formula is C28H31FN2O5. The number of nitrogens with zero attached hydrogens (tertiary/aromatic N) is 1. The Balaban J connectivity index is 1.79. The fourth-order valence-electron chi connectivity index (χ4n) is 4.88. The summed E-state index contributed by atoms with van der Waals surface area (Å²) < 4.78 is 24.8. The predicted octanol–water partition coefficient (Wildman–Crippen LogP) is 4.88. The van der Waals surface area contributed by atoms with Crippen LogP contribution in [0.3, 0.4) is 0 Å². The molecule has 190 valence electrons. The number of unbranched alkanes of at least 4 members (excludes halogenated alkanes) is 1. The third-order valence-corrected chi connectivity index (χ3v) is 6.73. The van der Waals surface area contributed by atoms with Crippen LogP contribution in [-0.4, -0.2) is 48.2 Å². The lowest BCUT2D eigenvalue weighted by molar-refractivity contribution is 0.0786. The fourth-order valence-corrected chi connectivity index (χ4v) is 4.88. The number of amides is 1. The van der Waals surface area contributed by atoms with E-state index in [1.54, 1.807) is 24.3 Å². The molecule has 0 aliphatic carbocycles. The van der Waals surface area contributed by atoms with Crippen molar-refractivity contribution in [3.8, 4) is 28.4 Å². The van der Waals surface area contributed by atoms with E-state index in [1.807, 2.05) is 13.0 Å². The first-order valence-electron chi connectivity index (χ1n) is 12.1. The average Bonchev–Trinajstić information content (AvgIpc) is 3.37. The van der Waals surface area contributed by atoms with Crippen molar-refractivity contribution in [1.29, 1.82) is 0 Å². The highest BCUT2D eigenvalue weighted by molar-refractivity contribution is 6.00. The second-order valence-electron chi connectivity index (χ2n) is 8.96. The van der Waals surface area contributed by atoms with Gasteiger partial charge in [-0.2, -0.15) is 0 Å². The lowest BCUT2D eigenvalue weighted by atomic mass is 9.95. The van der Waals surface area contributed by atoms with E-state index in [4.69, 9.17) is 9.47 Å². The highest BCUT2D eigenvalue weighted by atomic mass is 19.1. The number of aromatic nitrogens is 1. The van der Waals surface area contributed by atoms with Gasteiger partial charge in [0.2, 0.25) is 0 Å². The molecule has 0 bridgehead atoms. The molecule has 0 radical (unpaired) electrons. The molecule has 2 aromatic carbocycles. The molecule has 1 saturated heterocycles. The zero-order valence-corrected chi connectivity index (χ0v) is 20.8. The molecule has 1 aromatic heterocycles. The number of aryl methyl sites for hydroxylation is 1. The minimum Gasteiger partial charge on any atom is -0.506 e. The van der Waals surface area contributed by atoms with E-state index in [-0.39, 0.29) is 17.3 Å². The Morgan fingerprint density at radius 1 is 1.14 bits per heavy atom. The van der Waals surface area contributed by atoms with Crippen LogP contribution in [0.25, 0.3) is 11.1 Å². The summed E-state index contributed by atoms with van der Waals surface area (Å²) in [6.45, 7) is 2.75. The summed E-state index contributed by atoms with van der Waals surface area (Å²) in [7, 11) is 3.02. The quantitative estimate of drug-likeness (QED) is 0.466. The Kier molecular flexibility index (Phi) is 7.62. The van der Waals surface area contributed by atoms with Crippen molar-refractivity contribution in [2.45, 2.75) is 38.5 Å². The van der Waals surface area contributed by atoms with Gasteiger partial charge in [-0.15, -0.1) is 0 Å². The largest absolute Gasteiger partial charge is 0.506 e. The van der Waals surface area contributed by atoms with Gasteiger partial charge >= 0.3 is 0 Å². The summed E-state index contributed by atoms with van der Waals surface area (Å²) in [5, 5.41) is 11.5. The molecule has 1 unspecified atom stereocenters. The summed E-state index contributed by atoms with van der Waals surface area (Å²) in [5.74, 6) is -0.454. The summed E-state index contributed by atoms with van der Waals surface area (Å²) in [5.41, 5.74) is 1.14. The summed E-state index contributed by atoms with van der Waals surface area (Å²) in [6.07, 6.45) is 2.78. The first-order chi connectivity index (χ1) is 17.4. The van der Waals surface area contributed by atoms with E-state index in [2.05, 4.69) is 4.98 Å². The van der Waals surface area contributed by atoms with Crippen LogP contribution in [0.4, 0.5) is 4.39 Å². The van der Waals surface area contributed by atoms with Crippen LogP contribution in [0.2, 0.25) is 0 Å². The van der Waals surface area contributed by atoms with Gasteiger partial charge in [0.05, 0.1) is 25.3 Å². The molecule has 2 heterocycles. The molecule has 2 N–H and O–H groups in total. The zero-order valence-electron chi connectivity index (χ0n) is 20.8. The average molecular weight is 495 g/mol. The molecule has 4 rings (SSSR count). The summed E-state index contributed by atoms with van der Waals surface area (Å²) >= 11 is 0. The van der Waals surface area contributed by atoms with Crippen LogP contribution in [0.1, 0.15) is 53.7 Å². The Morgan fingerprint density at radius 3 is 2.47 bits per heavy atom. The molecule has 1 fully saturated rings. The van der Waals surface area contributed by atoms with Gasteiger partial charge in [0.25, 0.3) is 11.5 Å². The number of aromatic amines is 1. The van der Waals surface area contributed by atoms with Crippen LogP contribution in [-0.2, 0) is 6.42 Å². The maximum absolute atomic E-state index is 13.7. The Hall–Kier alpha value is -3.81. The highest BCUT2D eigenvalue weighted by Crippen LogP contribution is 2.45. The van der Waals surface area contributed by atoms with Crippen molar-refractivity contribution in [1.82, 2.24) is 9.88 Å². The van der Waals surface area contributed by atoms with E-state index >= 15 is 0 Å². The van der Waals surface area contributed by atoms with E-state index in [0.29, 0.717) is 54.3 Å². The van der Waals surface area contributed by atoms with Crippen molar-refractivity contribution < 1.29 is 23.8 Å². The number of halogens is 1. The minimum atomic E-state index is -0.643. The van der Waals surface area contributed by atoms with Crippen LogP contribution in [0, 0.1) is 5.82 Å². The Labute approximate surface area is 209 Å². The molecule has 1 amide bonds. The molecule has 7 nitrogen and oxygen atoms in total. The lowest BCUT2D eigenvalue weighted by Gasteiger charge is -2.21.